The van der Waals surface area contributed by atoms with Gasteiger partial charge in [0.1, 0.15) is 18.1 Å². The zero-order valence-corrected chi connectivity index (χ0v) is 24.0. The highest BCUT2D eigenvalue weighted by molar-refractivity contribution is 14.1. The molecule has 1 N–H and O–H groups in total. The summed E-state index contributed by atoms with van der Waals surface area (Å²) in [5, 5.41) is 4.07. The van der Waals surface area contributed by atoms with Crippen LogP contribution in [0.15, 0.2) is 71.8 Å². The van der Waals surface area contributed by atoms with E-state index in [9.17, 15) is 4.79 Å². The van der Waals surface area contributed by atoms with Crippen molar-refractivity contribution in [1.29, 1.82) is 0 Å². The van der Waals surface area contributed by atoms with Gasteiger partial charge in [-0.1, -0.05) is 42.5 Å². The van der Waals surface area contributed by atoms with E-state index in [0.717, 1.165) is 24.0 Å². The summed E-state index contributed by atoms with van der Waals surface area (Å²) in [5.74, 6) is 3.59. The molecule has 34 heavy (non-hydrogen) atoms. The number of hydrazone groups is 1. The predicted molar refractivity (Wildman–Crippen MR) is 158 cm³/mol. The van der Waals surface area contributed by atoms with Gasteiger partial charge in [-0.3, -0.25) is 4.79 Å². The molecule has 0 spiro atoms. The van der Waals surface area contributed by atoms with E-state index in [2.05, 4.69) is 67.8 Å². The van der Waals surface area contributed by atoms with E-state index in [1.807, 2.05) is 78.1 Å². The number of carbonyl (C=O) groups excluding carboxylic acids is 1. The van der Waals surface area contributed by atoms with Gasteiger partial charge in [-0.25, -0.2) is 5.43 Å². The van der Waals surface area contributed by atoms with Crippen molar-refractivity contribution in [2.24, 2.45) is 5.10 Å². The molecule has 4 rings (SSSR count). The van der Waals surface area contributed by atoms with Crippen molar-refractivity contribution >= 4 is 80.8 Å². The maximum absolute atomic E-state index is 12.1. The largest absolute Gasteiger partial charge is 0.487 e. The van der Waals surface area contributed by atoms with Crippen molar-refractivity contribution in [3.63, 3.8) is 0 Å². The Balaban J connectivity index is 1.25. The summed E-state index contributed by atoms with van der Waals surface area (Å²) < 4.78 is 14.1. The molecule has 1 aliphatic heterocycles. The SMILES string of the molecule is O=C(COc1ccc(C2SCCS2)cc1)N/N=C\c1cc(I)c(OCc2ccccc2)c(I)c1. The lowest BCUT2D eigenvalue weighted by Crippen LogP contribution is -2.24. The minimum atomic E-state index is -0.311. The molecule has 3 aromatic rings. The molecule has 0 radical (unpaired) electrons. The van der Waals surface area contributed by atoms with Gasteiger partial charge in [0.05, 0.1) is 17.9 Å². The first-order chi connectivity index (χ1) is 16.6. The number of halogens is 2. The summed E-state index contributed by atoms with van der Waals surface area (Å²) in [4.78, 5) is 12.1. The van der Waals surface area contributed by atoms with Gasteiger partial charge in [-0.2, -0.15) is 5.10 Å². The zero-order valence-electron chi connectivity index (χ0n) is 18.1. The standard InChI is InChI=1S/C25H22I2N2O3S2/c26-21-12-18(13-22(27)24(21)32-15-17-4-2-1-3-5-17)14-28-29-23(30)16-31-20-8-6-19(7-9-20)25-33-10-11-34-25/h1-9,12-14,25H,10-11,15-16H2,(H,29,30)/b28-14-. The summed E-state index contributed by atoms with van der Waals surface area (Å²) in [6, 6.07) is 22.0. The number of thioether (sulfide) groups is 2. The van der Waals surface area contributed by atoms with Crippen molar-refractivity contribution in [1.82, 2.24) is 5.43 Å². The normalized spacial score (nSPS) is 13.8. The fourth-order valence-corrected chi connectivity index (χ4v) is 8.14. The number of rotatable bonds is 9. The average molecular weight is 716 g/mol. The molecular weight excluding hydrogens is 694 g/mol. The van der Waals surface area contributed by atoms with Crippen molar-refractivity contribution < 1.29 is 14.3 Å². The first-order valence-electron chi connectivity index (χ1n) is 10.5. The predicted octanol–water partition coefficient (Wildman–Crippen LogP) is 6.48. The molecule has 1 saturated heterocycles. The number of hydrogen-bond acceptors (Lipinski definition) is 6. The Labute approximate surface area is 235 Å². The highest BCUT2D eigenvalue weighted by Crippen LogP contribution is 2.45. The molecule has 0 unspecified atom stereocenters. The molecular formula is C25H22I2N2O3S2. The number of amides is 1. The van der Waals surface area contributed by atoms with Crippen molar-refractivity contribution in [3.8, 4) is 11.5 Å². The summed E-state index contributed by atoms with van der Waals surface area (Å²) in [6.07, 6.45) is 1.62. The van der Waals surface area contributed by atoms with E-state index in [4.69, 9.17) is 9.47 Å². The van der Waals surface area contributed by atoms with Crippen LogP contribution >= 0.6 is 68.7 Å². The summed E-state index contributed by atoms with van der Waals surface area (Å²) in [5.41, 5.74) is 5.80. The van der Waals surface area contributed by atoms with Crippen LogP contribution in [0.3, 0.4) is 0 Å². The smallest absolute Gasteiger partial charge is 0.277 e. The number of hydrogen-bond donors (Lipinski definition) is 1. The van der Waals surface area contributed by atoms with Crippen LogP contribution in [0.1, 0.15) is 21.3 Å². The second-order valence-corrected chi connectivity index (χ2v) is 12.4. The summed E-state index contributed by atoms with van der Waals surface area (Å²) in [7, 11) is 0. The maximum atomic E-state index is 12.1. The molecule has 1 fully saturated rings. The van der Waals surface area contributed by atoms with E-state index >= 15 is 0 Å². The van der Waals surface area contributed by atoms with Gasteiger partial charge in [-0.15, -0.1) is 23.5 Å². The fourth-order valence-electron chi connectivity index (χ4n) is 3.15. The van der Waals surface area contributed by atoms with Gasteiger partial charge in [0.15, 0.2) is 6.61 Å². The molecule has 5 nitrogen and oxygen atoms in total. The molecule has 1 aliphatic rings. The lowest BCUT2D eigenvalue weighted by Gasteiger charge is -2.11. The number of ether oxygens (including phenoxy) is 2. The highest BCUT2D eigenvalue weighted by atomic mass is 127. The molecule has 1 amide bonds. The number of nitrogens with one attached hydrogen (secondary N) is 1. The van der Waals surface area contributed by atoms with Crippen LogP contribution in [0.5, 0.6) is 11.5 Å². The van der Waals surface area contributed by atoms with E-state index in [-0.39, 0.29) is 12.5 Å². The molecule has 0 atom stereocenters. The Morgan fingerprint density at radius 3 is 2.35 bits per heavy atom. The molecule has 0 aromatic heterocycles. The van der Waals surface area contributed by atoms with Crippen LogP contribution in [-0.2, 0) is 11.4 Å². The van der Waals surface area contributed by atoms with Crippen LogP contribution < -0.4 is 14.9 Å². The van der Waals surface area contributed by atoms with Crippen LogP contribution in [0, 0.1) is 7.14 Å². The van der Waals surface area contributed by atoms with Crippen molar-refractivity contribution in [2.75, 3.05) is 18.1 Å². The quantitative estimate of drug-likeness (QED) is 0.156. The van der Waals surface area contributed by atoms with Crippen LogP contribution in [-0.4, -0.2) is 30.2 Å². The van der Waals surface area contributed by atoms with Crippen LogP contribution in [0.25, 0.3) is 0 Å². The number of benzene rings is 3. The van der Waals surface area contributed by atoms with Gasteiger partial charge in [0.2, 0.25) is 0 Å². The summed E-state index contributed by atoms with van der Waals surface area (Å²) >= 11 is 8.43. The van der Waals surface area contributed by atoms with E-state index in [1.54, 1.807) is 6.21 Å². The Morgan fingerprint density at radius 1 is 1.00 bits per heavy atom. The minimum Gasteiger partial charge on any atom is -0.487 e. The number of carbonyl (C=O) groups is 1. The monoisotopic (exact) mass is 716 g/mol. The fraction of sp³-hybridized carbons (Fsp3) is 0.200. The highest BCUT2D eigenvalue weighted by Gasteiger charge is 2.18. The second-order valence-electron chi connectivity index (χ2n) is 7.31. The average Bonchev–Trinajstić information content (AvgIpc) is 3.38. The van der Waals surface area contributed by atoms with Crippen LogP contribution in [0.2, 0.25) is 0 Å². The van der Waals surface area contributed by atoms with Crippen molar-refractivity contribution in [2.45, 2.75) is 11.2 Å². The summed E-state index contributed by atoms with van der Waals surface area (Å²) in [6.45, 7) is 0.419. The van der Waals surface area contributed by atoms with Gasteiger partial charge in [0.25, 0.3) is 5.91 Å². The molecule has 1 heterocycles. The number of nitrogens with zero attached hydrogens (tertiary/aromatic N) is 1. The lowest BCUT2D eigenvalue weighted by molar-refractivity contribution is -0.123. The van der Waals surface area contributed by atoms with Gasteiger partial charge >= 0.3 is 0 Å². The third kappa shape index (κ3) is 7.53. The Morgan fingerprint density at radius 2 is 1.68 bits per heavy atom. The third-order valence-electron chi connectivity index (χ3n) is 4.79. The topological polar surface area (TPSA) is 59.9 Å². The molecule has 176 valence electrons. The molecule has 0 aliphatic carbocycles. The first kappa shape index (κ1) is 25.6. The molecule has 0 saturated carbocycles. The molecule has 3 aromatic carbocycles. The second kappa shape index (κ2) is 13.0. The van der Waals surface area contributed by atoms with Crippen LogP contribution in [0.4, 0.5) is 0 Å². The van der Waals surface area contributed by atoms with Gasteiger partial charge in [0, 0.05) is 11.5 Å². The van der Waals surface area contributed by atoms with E-state index < -0.39 is 0 Å². The first-order valence-corrected chi connectivity index (χ1v) is 14.8. The van der Waals surface area contributed by atoms with Crippen molar-refractivity contribution in [3.05, 3.63) is 90.6 Å². The van der Waals surface area contributed by atoms with E-state index in [0.29, 0.717) is 16.9 Å². The zero-order chi connectivity index (χ0) is 23.8. The maximum Gasteiger partial charge on any atom is 0.277 e. The Kier molecular flexibility index (Phi) is 9.83. The Bertz CT molecular complexity index is 1120. The van der Waals surface area contributed by atoms with E-state index in [1.165, 1.54) is 17.1 Å². The third-order valence-corrected chi connectivity index (χ3v) is 9.50. The van der Waals surface area contributed by atoms with Gasteiger partial charge in [-0.05, 0) is 86.1 Å². The molecule has 9 heteroatoms. The Hall–Kier alpha value is -1.44. The van der Waals surface area contributed by atoms with Gasteiger partial charge < -0.3 is 9.47 Å². The molecule has 0 bridgehead atoms. The minimum absolute atomic E-state index is 0.0923. The lowest BCUT2D eigenvalue weighted by atomic mass is 10.2.